The highest BCUT2D eigenvalue weighted by Gasteiger charge is 2.35. The molecule has 174 valence electrons. The van der Waals surface area contributed by atoms with Gasteiger partial charge in [-0.15, -0.1) is 6.58 Å². The Bertz CT molecular complexity index is 891. The fourth-order valence-corrected chi connectivity index (χ4v) is 3.76. The molecule has 0 unspecified atom stereocenters. The monoisotopic (exact) mass is 453 g/mol. The summed E-state index contributed by atoms with van der Waals surface area (Å²) in [6.45, 7) is 3.25. The third-order valence-electron chi connectivity index (χ3n) is 5.57. The number of hydroxylamine groups is 1. The molecule has 1 aromatic carbocycles. The van der Waals surface area contributed by atoms with Crippen molar-refractivity contribution in [2.45, 2.75) is 57.2 Å². The number of rotatable bonds is 11. The van der Waals surface area contributed by atoms with Gasteiger partial charge in [0, 0.05) is 37.1 Å². The number of hydrogen-bond acceptors (Lipinski definition) is 4. The molecule has 0 aromatic heterocycles. The highest BCUT2D eigenvalue weighted by Crippen LogP contribution is 2.33. The van der Waals surface area contributed by atoms with Crippen molar-refractivity contribution < 1.29 is 32.4 Å². The summed E-state index contributed by atoms with van der Waals surface area (Å²) in [4.78, 5) is 43.5. The minimum Gasteiger partial charge on any atom is -0.344 e. The Labute approximate surface area is 183 Å². The summed E-state index contributed by atoms with van der Waals surface area (Å²) in [5.41, 5.74) is 1.98. The molecule has 32 heavy (non-hydrogen) atoms. The van der Waals surface area contributed by atoms with E-state index in [0.717, 1.165) is 18.9 Å². The summed E-state index contributed by atoms with van der Waals surface area (Å²) in [6.07, 6.45) is 4.25. The minimum atomic E-state index is -1.34. The molecule has 3 amide bonds. The first-order valence-electron chi connectivity index (χ1n) is 10.5. The third-order valence-corrected chi connectivity index (χ3v) is 5.57. The predicted molar refractivity (Wildman–Crippen MR) is 108 cm³/mol. The van der Waals surface area contributed by atoms with Gasteiger partial charge in [0.2, 0.25) is 11.8 Å². The van der Waals surface area contributed by atoms with Crippen LogP contribution in [0.1, 0.15) is 44.1 Å². The molecule has 2 atom stereocenters. The fraction of sp³-hybridized carbons (Fsp3) is 0.500. The Kier molecular flexibility index (Phi) is 7.89. The van der Waals surface area contributed by atoms with E-state index in [9.17, 15) is 27.6 Å². The van der Waals surface area contributed by atoms with Crippen molar-refractivity contribution in [2.75, 3.05) is 6.61 Å². The third kappa shape index (κ3) is 6.32. The number of likely N-dealkylation sites (tertiary alicyclic amines) is 1. The summed E-state index contributed by atoms with van der Waals surface area (Å²) in [7, 11) is 0. The molecule has 7 nitrogen and oxygen atoms in total. The van der Waals surface area contributed by atoms with Crippen molar-refractivity contribution in [1.29, 1.82) is 0 Å². The van der Waals surface area contributed by atoms with Crippen LogP contribution in [0.15, 0.2) is 24.8 Å². The summed E-state index contributed by atoms with van der Waals surface area (Å²) >= 11 is 0. The average molecular weight is 453 g/mol. The molecule has 1 aliphatic carbocycles. The number of nitrogens with one attached hydrogen (secondary N) is 2. The fourth-order valence-electron chi connectivity index (χ4n) is 3.76. The van der Waals surface area contributed by atoms with E-state index in [1.54, 1.807) is 0 Å². The summed E-state index contributed by atoms with van der Waals surface area (Å²) in [6, 6.07) is -0.102. The van der Waals surface area contributed by atoms with Gasteiger partial charge in [0.1, 0.15) is 11.9 Å². The van der Waals surface area contributed by atoms with Gasteiger partial charge in [-0.2, -0.15) is 0 Å². The highest BCUT2D eigenvalue weighted by molar-refractivity contribution is 5.88. The van der Waals surface area contributed by atoms with Crippen molar-refractivity contribution in [1.82, 2.24) is 15.7 Å². The van der Waals surface area contributed by atoms with Crippen LogP contribution in [0.25, 0.3) is 0 Å². The molecule has 0 bridgehead atoms. The van der Waals surface area contributed by atoms with Crippen LogP contribution in [-0.4, -0.2) is 41.3 Å². The number of amides is 3. The van der Waals surface area contributed by atoms with Crippen molar-refractivity contribution >= 4 is 17.7 Å². The molecule has 0 radical (unpaired) electrons. The van der Waals surface area contributed by atoms with E-state index in [2.05, 4.69) is 17.4 Å². The SMILES string of the molecule is C=CCONC(=O)[C@H](CC1CC1)NC(=O)C[C@@H]1CCC(=O)N1Cc1cc(F)cc(F)c1F. The molecule has 1 saturated carbocycles. The van der Waals surface area contributed by atoms with Crippen LogP contribution < -0.4 is 10.8 Å². The Balaban J connectivity index is 1.62. The molecule has 1 heterocycles. The van der Waals surface area contributed by atoms with Crippen LogP contribution in [0.3, 0.4) is 0 Å². The molecule has 1 aromatic rings. The van der Waals surface area contributed by atoms with Gasteiger partial charge in [-0.05, 0) is 24.8 Å². The standard InChI is InChI=1S/C22H26F3N3O4/c1-2-7-32-27-22(31)18(8-13-3-4-13)26-19(29)11-16-5-6-20(30)28(16)12-14-9-15(23)10-17(24)21(14)25/h2,9-10,13,16,18H,1,3-8,11-12H2,(H,26,29)(H,27,31)/t16-,18-/m0/s1. The minimum absolute atomic E-state index is 0.117. The topological polar surface area (TPSA) is 87.7 Å². The van der Waals surface area contributed by atoms with E-state index < -0.39 is 41.3 Å². The molecule has 10 heteroatoms. The van der Waals surface area contributed by atoms with Crippen molar-refractivity contribution in [3.8, 4) is 0 Å². The number of benzene rings is 1. The van der Waals surface area contributed by atoms with Gasteiger partial charge in [0.25, 0.3) is 5.91 Å². The maximum absolute atomic E-state index is 14.0. The maximum Gasteiger partial charge on any atom is 0.266 e. The molecule has 0 spiro atoms. The quantitative estimate of drug-likeness (QED) is 0.233. The maximum atomic E-state index is 14.0. The zero-order chi connectivity index (χ0) is 23.3. The molecule has 2 N–H and O–H groups in total. The lowest BCUT2D eigenvalue weighted by molar-refractivity contribution is -0.138. The molecule has 1 saturated heterocycles. The lowest BCUT2D eigenvalue weighted by Crippen LogP contribution is -2.48. The van der Waals surface area contributed by atoms with Crippen LogP contribution >= 0.6 is 0 Å². The van der Waals surface area contributed by atoms with E-state index in [-0.39, 0.29) is 37.5 Å². The van der Waals surface area contributed by atoms with Gasteiger partial charge in [-0.25, -0.2) is 18.7 Å². The second-order valence-corrected chi connectivity index (χ2v) is 8.14. The summed E-state index contributed by atoms with van der Waals surface area (Å²) in [5.74, 6) is -4.44. The van der Waals surface area contributed by atoms with E-state index >= 15 is 0 Å². The van der Waals surface area contributed by atoms with E-state index in [1.807, 2.05) is 0 Å². The smallest absolute Gasteiger partial charge is 0.266 e. The van der Waals surface area contributed by atoms with Crippen LogP contribution in [0.4, 0.5) is 13.2 Å². The van der Waals surface area contributed by atoms with Gasteiger partial charge in [-0.3, -0.25) is 19.2 Å². The van der Waals surface area contributed by atoms with Gasteiger partial charge >= 0.3 is 0 Å². The van der Waals surface area contributed by atoms with E-state index in [1.165, 1.54) is 11.0 Å². The molecule has 2 aliphatic rings. The predicted octanol–water partition coefficient (Wildman–Crippen LogP) is 2.50. The van der Waals surface area contributed by atoms with Gasteiger partial charge in [-0.1, -0.05) is 18.9 Å². The van der Waals surface area contributed by atoms with Crippen LogP contribution in [0.5, 0.6) is 0 Å². The highest BCUT2D eigenvalue weighted by atomic mass is 19.2. The number of hydrogen-bond donors (Lipinski definition) is 2. The zero-order valence-electron chi connectivity index (χ0n) is 17.5. The lowest BCUT2D eigenvalue weighted by atomic mass is 10.1. The largest absolute Gasteiger partial charge is 0.344 e. The second kappa shape index (κ2) is 10.6. The number of halogens is 3. The van der Waals surface area contributed by atoms with Crippen LogP contribution in [0, 0.1) is 23.4 Å². The number of carbonyl (C=O) groups excluding carboxylic acids is 3. The first kappa shape index (κ1) is 23.8. The van der Waals surface area contributed by atoms with Crippen molar-refractivity contribution in [3.63, 3.8) is 0 Å². The van der Waals surface area contributed by atoms with E-state index in [4.69, 9.17) is 4.84 Å². The number of carbonyl (C=O) groups is 3. The second-order valence-electron chi connectivity index (χ2n) is 8.14. The first-order valence-corrected chi connectivity index (χ1v) is 10.5. The van der Waals surface area contributed by atoms with E-state index in [0.29, 0.717) is 24.8 Å². The molecular weight excluding hydrogens is 427 g/mol. The zero-order valence-corrected chi connectivity index (χ0v) is 17.5. The Morgan fingerprint density at radius 2 is 2.00 bits per heavy atom. The Morgan fingerprint density at radius 3 is 2.69 bits per heavy atom. The van der Waals surface area contributed by atoms with Gasteiger partial charge in [0.05, 0.1) is 6.61 Å². The molecular formula is C22H26F3N3O4. The molecule has 3 rings (SSSR count). The average Bonchev–Trinajstić information content (AvgIpc) is 3.50. The number of nitrogens with zero attached hydrogens (tertiary/aromatic N) is 1. The summed E-state index contributed by atoms with van der Waals surface area (Å²) in [5, 5.41) is 2.68. The normalized spacial score (nSPS) is 19.0. The molecule has 2 fully saturated rings. The lowest BCUT2D eigenvalue weighted by Gasteiger charge is -2.26. The van der Waals surface area contributed by atoms with Crippen LogP contribution in [0.2, 0.25) is 0 Å². The summed E-state index contributed by atoms with van der Waals surface area (Å²) < 4.78 is 41.1. The van der Waals surface area contributed by atoms with Gasteiger partial charge in [0.15, 0.2) is 11.6 Å². The Morgan fingerprint density at radius 1 is 1.25 bits per heavy atom. The molecule has 1 aliphatic heterocycles. The van der Waals surface area contributed by atoms with Crippen molar-refractivity contribution in [2.24, 2.45) is 5.92 Å². The Hall–Kier alpha value is -2.88. The van der Waals surface area contributed by atoms with Crippen molar-refractivity contribution in [3.05, 3.63) is 47.8 Å². The van der Waals surface area contributed by atoms with Gasteiger partial charge < -0.3 is 10.2 Å². The first-order chi connectivity index (χ1) is 15.3. The van der Waals surface area contributed by atoms with Crippen LogP contribution in [-0.2, 0) is 25.8 Å².